The molecule has 1 aliphatic rings. The lowest BCUT2D eigenvalue weighted by Crippen LogP contribution is -2.30. The number of imidazole rings is 1. The van der Waals surface area contributed by atoms with Crippen LogP contribution in [0.3, 0.4) is 0 Å². The molecule has 5 rings (SSSR count). The first-order chi connectivity index (χ1) is 13.7. The molecule has 5 heteroatoms. The Hall–Kier alpha value is -2.82. The van der Waals surface area contributed by atoms with Crippen LogP contribution in [0.15, 0.2) is 66.9 Å². The van der Waals surface area contributed by atoms with Crippen molar-refractivity contribution in [2.75, 3.05) is 12.3 Å². The van der Waals surface area contributed by atoms with Gasteiger partial charge in [0.15, 0.2) is 0 Å². The lowest BCUT2D eigenvalue weighted by Gasteiger charge is -2.28. The van der Waals surface area contributed by atoms with E-state index in [9.17, 15) is 0 Å². The maximum absolute atomic E-state index is 6.09. The van der Waals surface area contributed by atoms with Crippen LogP contribution in [0, 0.1) is 0 Å². The van der Waals surface area contributed by atoms with Crippen LogP contribution in [0.25, 0.3) is 16.9 Å². The molecule has 3 heterocycles. The van der Waals surface area contributed by atoms with Gasteiger partial charge in [0, 0.05) is 42.1 Å². The second kappa shape index (κ2) is 6.97. The van der Waals surface area contributed by atoms with Crippen LogP contribution in [0.1, 0.15) is 16.8 Å². The maximum atomic E-state index is 6.09. The van der Waals surface area contributed by atoms with E-state index in [0.717, 1.165) is 59.4 Å². The largest absolute Gasteiger partial charge is 0.398 e. The molecule has 0 atom stereocenters. The Labute approximate surface area is 169 Å². The monoisotopic (exact) mass is 388 g/mol. The van der Waals surface area contributed by atoms with Crippen molar-refractivity contribution < 1.29 is 0 Å². The Balaban J connectivity index is 1.56. The molecule has 1 aliphatic heterocycles. The number of nitrogens with two attached hydrogens (primary N) is 1. The van der Waals surface area contributed by atoms with Gasteiger partial charge < -0.3 is 10.1 Å². The van der Waals surface area contributed by atoms with Crippen molar-refractivity contribution in [2.45, 2.75) is 19.5 Å². The Morgan fingerprint density at radius 2 is 1.75 bits per heavy atom. The molecule has 0 amide bonds. The molecule has 140 valence electrons. The number of anilines is 1. The Bertz CT molecular complexity index is 1150. The molecular formula is C23H21ClN4. The summed E-state index contributed by atoms with van der Waals surface area (Å²) in [5.41, 5.74) is 13.8. The predicted molar refractivity (Wildman–Crippen MR) is 114 cm³/mol. The van der Waals surface area contributed by atoms with E-state index in [1.54, 1.807) is 0 Å². The van der Waals surface area contributed by atoms with E-state index in [-0.39, 0.29) is 0 Å². The molecule has 28 heavy (non-hydrogen) atoms. The fourth-order valence-electron chi connectivity index (χ4n) is 4.00. The number of nitrogens with zero attached hydrogens (tertiary/aromatic N) is 3. The van der Waals surface area contributed by atoms with Crippen molar-refractivity contribution in [3.63, 3.8) is 0 Å². The predicted octanol–water partition coefficient (Wildman–Crippen LogP) is 4.80. The van der Waals surface area contributed by atoms with E-state index in [2.05, 4.69) is 33.6 Å². The van der Waals surface area contributed by atoms with Crippen molar-refractivity contribution in [3.8, 4) is 11.3 Å². The Morgan fingerprint density at radius 3 is 2.57 bits per heavy atom. The minimum atomic E-state index is 0.728. The van der Waals surface area contributed by atoms with Gasteiger partial charge in [0.05, 0.1) is 11.4 Å². The third-order valence-corrected chi connectivity index (χ3v) is 5.69. The van der Waals surface area contributed by atoms with Crippen LogP contribution in [-0.4, -0.2) is 20.8 Å². The molecule has 0 saturated carbocycles. The zero-order chi connectivity index (χ0) is 19.1. The maximum Gasteiger partial charge on any atom is 0.137 e. The topological polar surface area (TPSA) is 46.6 Å². The number of aromatic nitrogens is 2. The van der Waals surface area contributed by atoms with Gasteiger partial charge in [-0.2, -0.15) is 0 Å². The minimum Gasteiger partial charge on any atom is -0.398 e. The normalized spacial score (nSPS) is 14.3. The van der Waals surface area contributed by atoms with Crippen LogP contribution < -0.4 is 5.73 Å². The number of pyridine rings is 1. The fraction of sp³-hybridized carbons (Fsp3) is 0.174. The van der Waals surface area contributed by atoms with Crippen molar-refractivity contribution in [1.29, 1.82) is 0 Å². The average Bonchev–Trinajstić information content (AvgIpc) is 3.06. The van der Waals surface area contributed by atoms with E-state index in [1.165, 1.54) is 11.1 Å². The summed E-state index contributed by atoms with van der Waals surface area (Å²) in [5.74, 6) is 0. The number of hydrogen-bond acceptors (Lipinski definition) is 3. The van der Waals surface area contributed by atoms with Gasteiger partial charge in [-0.15, -0.1) is 0 Å². The van der Waals surface area contributed by atoms with E-state index in [0.29, 0.717) is 0 Å². The summed E-state index contributed by atoms with van der Waals surface area (Å²) < 4.78 is 2.12. The highest BCUT2D eigenvalue weighted by molar-refractivity contribution is 6.30. The molecule has 0 unspecified atom stereocenters. The molecule has 2 N–H and O–H groups in total. The zero-order valence-electron chi connectivity index (χ0n) is 15.5. The van der Waals surface area contributed by atoms with Crippen LogP contribution in [0.2, 0.25) is 5.02 Å². The number of nitrogen functional groups attached to an aromatic ring is 1. The van der Waals surface area contributed by atoms with Gasteiger partial charge in [-0.25, -0.2) is 4.98 Å². The molecule has 0 bridgehead atoms. The van der Waals surface area contributed by atoms with Crippen molar-refractivity contribution in [1.82, 2.24) is 14.3 Å². The Morgan fingerprint density at radius 1 is 0.964 bits per heavy atom. The molecule has 0 fully saturated rings. The molecule has 0 aliphatic carbocycles. The molecule has 2 aromatic carbocycles. The highest BCUT2D eigenvalue weighted by Gasteiger charge is 2.21. The summed E-state index contributed by atoms with van der Waals surface area (Å²) >= 11 is 6.09. The van der Waals surface area contributed by atoms with Crippen LogP contribution in [-0.2, 0) is 19.5 Å². The third-order valence-electron chi connectivity index (χ3n) is 5.44. The SMILES string of the molecule is Nc1ccc2nc(-c3ccc(Cl)cc3)c(CN3CCc4ccccc4C3)n2c1. The quantitative estimate of drug-likeness (QED) is 0.548. The van der Waals surface area contributed by atoms with Gasteiger partial charge in [-0.3, -0.25) is 4.90 Å². The summed E-state index contributed by atoms with van der Waals surface area (Å²) in [6, 6.07) is 20.5. The number of fused-ring (bicyclic) bond motifs is 2. The first-order valence-corrected chi connectivity index (χ1v) is 9.87. The molecule has 4 aromatic rings. The number of rotatable bonds is 3. The second-order valence-electron chi connectivity index (χ2n) is 7.33. The Kier molecular flexibility index (Phi) is 4.30. The van der Waals surface area contributed by atoms with E-state index in [4.69, 9.17) is 22.3 Å². The van der Waals surface area contributed by atoms with Gasteiger partial charge in [-0.05, 0) is 41.8 Å². The van der Waals surface area contributed by atoms with E-state index in [1.807, 2.05) is 42.6 Å². The van der Waals surface area contributed by atoms with Crippen LogP contribution in [0.4, 0.5) is 5.69 Å². The lowest BCUT2D eigenvalue weighted by atomic mass is 9.99. The summed E-state index contributed by atoms with van der Waals surface area (Å²) in [4.78, 5) is 7.38. The number of benzene rings is 2. The summed E-state index contributed by atoms with van der Waals surface area (Å²) in [7, 11) is 0. The molecule has 4 nitrogen and oxygen atoms in total. The van der Waals surface area contributed by atoms with Crippen molar-refractivity contribution >= 4 is 22.9 Å². The van der Waals surface area contributed by atoms with Crippen molar-refractivity contribution in [3.05, 3.63) is 88.7 Å². The van der Waals surface area contributed by atoms with Gasteiger partial charge in [0.25, 0.3) is 0 Å². The summed E-state index contributed by atoms with van der Waals surface area (Å²) in [6.45, 7) is 2.80. The molecule has 0 spiro atoms. The van der Waals surface area contributed by atoms with Gasteiger partial charge >= 0.3 is 0 Å². The highest BCUT2D eigenvalue weighted by atomic mass is 35.5. The smallest absolute Gasteiger partial charge is 0.137 e. The molecular weight excluding hydrogens is 368 g/mol. The number of halogens is 1. The van der Waals surface area contributed by atoms with E-state index >= 15 is 0 Å². The standard InChI is InChI=1S/C23H21ClN4/c24-19-7-5-17(6-8-19)23-21(28-14-20(25)9-10-22(28)26-23)15-27-12-11-16-3-1-2-4-18(16)13-27/h1-10,14H,11-13,15,25H2. The van der Waals surface area contributed by atoms with Crippen LogP contribution >= 0.6 is 11.6 Å². The summed E-state index contributed by atoms with van der Waals surface area (Å²) in [6.07, 6.45) is 3.04. The van der Waals surface area contributed by atoms with Crippen LogP contribution in [0.5, 0.6) is 0 Å². The first-order valence-electron chi connectivity index (χ1n) is 9.49. The lowest BCUT2D eigenvalue weighted by molar-refractivity contribution is 0.242. The first kappa shape index (κ1) is 17.3. The molecule has 2 aromatic heterocycles. The molecule has 0 saturated heterocycles. The number of hydrogen-bond donors (Lipinski definition) is 1. The summed E-state index contributed by atoms with van der Waals surface area (Å²) in [5, 5.41) is 0.728. The minimum absolute atomic E-state index is 0.728. The molecule has 0 radical (unpaired) electrons. The average molecular weight is 389 g/mol. The zero-order valence-corrected chi connectivity index (χ0v) is 16.2. The highest BCUT2D eigenvalue weighted by Crippen LogP contribution is 2.29. The van der Waals surface area contributed by atoms with Crippen molar-refractivity contribution in [2.24, 2.45) is 0 Å². The van der Waals surface area contributed by atoms with Gasteiger partial charge in [0.2, 0.25) is 0 Å². The van der Waals surface area contributed by atoms with E-state index < -0.39 is 0 Å². The van der Waals surface area contributed by atoms with Gasteiger partial charge in [0.1, 0.15) is 5.65 Å². The van der Waals surface area contributed by atoms with Gasteiger partial charge in [-0.1, -0.05) is 48.0 Å². The third kappa shape index (κ3) is 3.15. The fourth-order valence-corrected chi connectivity index (χ4v) is 4.13. The second-order valence-corrected chi connectivity index (χ2v) is 7.77.